The number of halogens is 2. The largest absolute Gasteiger partial charge is 0.353 e. The van der Waals surface area contributed by atoms with Crippen molar-refractivity contribution in [3.8, 4) is 0 Å². The van der Waals surface area contributed by atoms with E-state index in [0.29, 0.717) is 23.3 Å². The van der Waals surface area contributed by atoms with Gasteiger partial charge in [-0.1, -0.05) is 23.2 Å². The molecule has 3 aromatic rings. The molecule has 1 aromatic carbocycles. The van der Waals surface area contributed by atoms with E-state index in [4.69, 9.17) is 35.0 Å². The van der Waals surface area contributed by atoms with Crippen molar-refractivity contribution in [3.05, 3.63) is 22.2 Å². The summed E-state index contributed by atoms with van der Waals surface area (Å²) < 4.78 is 54.8. The van der Waals surface area contributed by atoms with Crippen LogP contribution < -0.4 is 42.9 Å². The molecular weight excluding hydrogens is 739 g/mol. The highest BCUT2D eigenvalue weighted by molar-refractivity contribution is 7.86. The normalized spacial score (nSPS) is 15.5. The lowest BCUT2D eigenvalue weighted by molar-refractivity contribution is 0.332. The van der Waals surface area contributed by atoms with Gasteiger partial charge in [0.25, 0.3) is 20.2 Å². The standard InChI is InChI=1S/C26H38Cl2N14O6S2/c27-18-15-17(33-23-35-21(31-7-13-49(43,44)47-29)37-25(39-23)41-9-3-1-4-10-41)16-19(28)20(18)34-24-36-22(32-8-14-50(45,46)48-30)38-26(40-24)42-11-5-2-6-12-42/h15-16H,1-14,29-30H2,(H2,31,33,35,37,39)(H2,32,34,36,38,40). The van der Waals surface area contributed by atoms with Crippen molar-refractivity contribution in [1.29, 1.82) is 0 Å². The summed E-state index contributed by atoms with van der Waals surface area (Å²) in [5.74, 6) is 10.2. The first-order chi connectivity index (χ1) is 23.9. The van der Waals surface area contributed by atoms with Crippen LogP contribution in [0.4, 0.5) is 47.1 Å². The van der Waals surface area contributed by atoms with Crippen LogP contribution in [0.1, 0.15) is 38.5 Å². The van der Waals surface area contributed by atoms with Gasteiger partial charge in [0.1, 0.15) is 0 Å². The van der Waals surface area contributed by atoms with Crippen LogP contribution in [0.15, 0.2) is 12.1 Å². The number of nitrogens with zero attached hydrogens (tertiary/aromatic N) is 8. The third-order valence-corrected chi connectivity index (χ3v) is 10.2. The van der Waals surface area contributed by atoms with Crippen molar-refractivity contribution in [3.63, 3.8) is 0 Å². The average Bonchev–Trinajstić information content (AvgIpc) is 3.10. The first kappa shape index (κ1) is 37.6. The minimum Gasteiger partial charge on any atom is -0.353 e. The fourth-order valence-corrected chi connectivity index (χ4v) is 6.63. The number of hydrogen-bond donors (Lipinski definition) is 6. The number of benzene rings is 1. The van der Waals surface area contributed by atoms with Crippen molar-refractivity contribution in [2.45, 2.75) is 38.5 Å². The summed E-state index contributed by atoms with van der Waals surface area (Å²) in [6, 6.07) is 3.20. The van der Waals surface area contributed by atoms with Gasteiger partial charge in [0.05, 0.1) is 27.2 Å². The summed E-state index contributed by atoms with van der Waals surface area (Å²) >= 11 is 13.4. The molecular formula is C26H38Cl2N14O6S2. The van der Waals surface area contributed by atoms with Crippen molar-refractivity contribution in [1.82, 2.24) is 29.9 Å². The van der Waals surface area contributed by atoms with Crippen LogP contribution in [-0.4, -0.2) is 97.5 Å². The van der Waals surface area contributed by atoms with Crippen molar-refractivity contribution >= 4 is 90.5 Å². The van der Waals surface area contributed by atoms with Gasteiger partial charge >= 0.3 is 0 Å². The number of aromatic nitrogens is 6. The molecule has 0 amide bonds. The van der Waals surface area contributed by atoms with E-state index in [1.807, 2.05) is 9.80 Å². The fraction of sp³-hybridized carbons (Fsp3) is 0.538. The van der Waals surface area contributed by atoms with E-state index in [0.717, 1.165) is 64.7 Å². The lowest BCUT2D eigenvalue weighted by atomic mass is 10.1. The Morgan fingerprint density at radius 3 is 1.44 bits per heavy atom. The van der Waals surface area contributed by atoms with E-state index in [1.165, 1.54) is 0 Å². The van der Waals surface area contributed by atoms with E-state index in [9.17, 15) is 16.8 Å². The molecule has 24 heteroatoms. The van der Waals surface area contributed by atoms with Gasteiger partial charge in [-0.25, -0.2) is 0 Å². The minimum absolute atomic E-state index is 0.0601. The second-order valence-corrected chi connectivity index (χ2v) is 15.5. The molecule has 2 aliphatic rings. The van der Waals surface area contributed by atoms with E-state index in [-0.39, 0.29) is 46.9 Å². The summed E-state index contributed by atoms with van der Waals surface area (Å²) in [5, 5.41) is 12.3. The summed E-state index contributed by atoms with van der Waals surface area (Å²) in [6.07, 6.45) is 6.09. The molecule has 0 spiro atoms. The van der Waals surface area contributed by atoms with Gasteiger partial charge in [-0.3, -0.25) is 0 Å². The average molecular weight is 778 g/mol. The van der Waals surface area contributed by atoms with Crippen molar-refractivity contribution in [2.75, 3.05) is 81.8 Å². The van der Waals surface area contributed by atoms with Gasteiger partial charge in [-0.05, 0) is 50.7 Å². The molecule has 5 rings (SSSR count). The Morgan fingerprint density at radius 1 is 0.620 bits per heavy atom. The van der Waals surface area contributed by atoms with Crippen LogP contribution in [0.5, 0.6) is 0 Å². The number of anilines is 8. The molecule has 50 heavy (non-hydrogen) atoms. The van der Waals surface area contributed by atoms with Gasteiger partial charge < -0.3 is 31.1 Å². The Morgan fingerprint density at radius 2 is 1.02 bits per heavy atom. The Kier molecular flexibility index (Phi) is 12.8. The summed E-state index contributed by atoms with van der Waals surface area (Å²) in [6.45, 7) is 2.87. The molecule has 0 unspecified atom stereocenters. The lowest BCUT2D eigenvalue weighted by Crippen LogP contribution is -2.31. The first-order valence-electron chi connectivity index (χ1n) is 15.7. The highest BCUT2D eigenvalue weighted by Crippen LogP contribution is 2.36. The molecule has 20 nitrogen and oxygen atoms in total. The van der Waals surface area contributed by atoms with Gasteiger partial charge in [-0.2, -0.15) is 67.1 Å². The fourth-order valence-electron chi connectivity index (χ4n) is 5.15. The van der Waals surface area contributed by atoms with E-state index < -0.39 is 31.7 Å². The molecule has 274 valence electrons. The van der Waals surface area contributed by atoms with Gasteiger partial charge in [0, 0.05) is 45.0 Å². The predicted octanol–water partition coefficient (Wildman–Crippen LogP) is 2.10. The van der Waals surface area contributed by atoms with E-state index in [2.05, 4.69) is 59.7 Å². The van der Waals surface area contributed by atoms with Crippen LogP contribution in [0.25, 0.3) is 0 Å². The van der Waals surface area contributed by atoms with Crippen molar-refractivity contribution in [2.24, 2.45) is 11.8 Å². The number of rotatable bonds is 16. The second kappa shape index (κ2) is 17.0. The molecule has 0 atom stereocenters. The smallest absolute Gasteiger partial charge is 0.284 e. The molecule has 2 fully saturated rings. The van der Waals surface area contributed by atoms with E-state index in [1.54, 1.807) is 12.1 Å². The van der Waals surface area contributed by atoms with Crippen LogP contribution >= 0.6 is 23.2 Å². The van der Waals surface area contributed by atoms with Crippen LogP contribution in [0, 0.1) is 0 Å². The molecule has 2 aromatic heterocycles. The molecule has 0 radical (unpaired) electrons. The minimum atomic E-state index is -3.91. The van der Waals surface area contributed by atoms with Crippen molar-refractivity contribution < 1.29 is 25.4 Å². The molecule has 0 aliphatic carbocycles. The Balaban J connectivity index is 1.37. The molecule has 4 heterocycles. The monoisotopic (exact) mass is 776 g/mol. The zero-order valence-corrected chi connectivity index (χ0v) is 30.0. The highest BCUT2D eigenvalue weighted by atomic mass is 35.5. The molecule has 8 N–H and O–H groups in total. The van der Waals surface area contributed by atoms with Gasteiger partial charge in [-0.15, -0.1) is 0 Å². The number of nitrogens with one attached hydrogen (secondary N) is 4. The summed E-state index contributed by atoms with van der Waals surface area (Å²) in [7, 11) is -7.81. The Labute approximate surface area is 299 Å². The zero-order chi connectivity index (χ0) is 35.7. The molecule has 0 bridgehead atoms. The number of hydrogen-bond acceptors (Lipinski definition) is 20. The first-order valence-corrected chi connectivity index (χ1v) is 19.6. The van der Waals surface area contributed by atoms with Crippen LogP contribution in [-0.2, 0) is 28.8 Å². The molecule has 2 saturated heterocycles. The lowest BCUT2D eigenvalue weighted by Gasteiger charge is -2.27. The maximum Gasteiger partial charge on any atom is 0.284 e. The van der Waals surface area contributed by atoms with Gasteiger partial charge in [0.15, 0.2) is 0 Å². The Hall–Kier alpha value is -3.64. The summed E-state index contributed by atoms with van der Waals surface area (Å²) in [4.78, 5) is 30.9. The number of piperidine rings is 2. The quantitative estimate of drug-likeness (QED) is 0.114. The third-order valence-electron chi connectivity index (χ3n) is 7.62. The third kappa shape index (κ3) is 10.7. The second-order valence-electron chi connectivity index (χ2n) is 11.3. The van der Waals surface area contributed by atoms with Gasteiger partial charge in [0.2, 0.25) is 35.7 Å². The molecule has 2 aliphatic heterocycles. The van der Waals surface area contributed by atoms with Crippen LogP contribution in [0.2, 0.25) is 10.0 Å². The SMILES string of the molecule is NOS(=O)(=O)CCNc1nc(Nc2cc(Cl)c(Nc3nc(NCCS(=O)(=O)ON)nc(N4CCCCC4)n3)c(Cl)c2)nc(N2CCCCC2)n1. The maximum absolute atomic E-state index is 11.7. The maximum atomic E-state index is 11.7. The predicted molar refractivity (Wildman–Crippen MR) is 190 cm³/mol. The topological polar surface area (TPSA) is 271 Å². The molecule has 0 saturated carbocycles. The van der Waals surface area contributed by atoms with E-state index >= 15 is 0 Å². The highest BCUT2D eigenvalue weighted by Gasteiger charge is 2.21. The Bertz CT molecular complexity index is 1830. The summed E-state index contributed by atoms with van der Waals surface area (Å²) in [5.41, 5.74) is 0.747. The van der Waals surface area contributed by atoms with Crippen LogP contribution in [0.3, 0.4) is 0 Å². The number of nitrogens with two attached hydrogens (primary N) is 2. The zero-order valence-electron chi connectivity index (χ0n) is 26.8.